The fourth-order valence-corrected chi connectivity index (χ4v) is 2.48. The molecule has 0 radical (unpaired) electrons. The average molecular weight is 317 g/mol. The van der Waals surface area contributed by atoms with Gasteiger partial charge < -0.3 is 11.1 Å². The zero-order valence-electron chi connectivity index (χ0n) is 13.1. The van der Waals surface area contributed by atoms with E-state index in [9.17, 15) is 4.79 Å². The zero-order valence-corrected chi connectivity index (χ0v) is 13.9. The van der Waals surface area contributed by atoms with E-state index in [4.69, 9.17) is 17.3 Å². The van der Waals surface area contributed by atoms with Gasteiger partial charge in [-0.1, -0.05) is 43.6 Å². The fraction of sp³-hybridized carbons (Fsp3) is 0.278. The van der Waals surface area contributed by atoms with Crippen LogP contribution in [0.3, 0.4) is 0 Å². The van der Waals surface area contributed by atoms with Crippen LogP contribution in [-0.2, 0) is 5.41 Å². The number of hydrogen-bond acceptors (Lipinski definition) is 2. The Morgan fingerprint density at radius 2 is 1.95 bits per heavy atom. The lowest BCUT2D eigenvalue weighted by Crippen LogP contribution is -2.37. The lowest BCUT2D eigenvalue weighted by atomic mass is 9.84. The number of nitrogens with two attached hydrogens (primary N) is 1. The van der Waals surface area contributed by atoms with Crippen molar-refractivity contribution in [1.29, 1.82) is 0 Å². The molecule has 2 rings (SSSR count). The largest absolute Gasteiger partial charge is 0.399 e. The number of benzene rings is 2. The van der Waals surface area contributed by atoms with Crippen molar-refractivity contribution in [3.63, 3.8) is 0 Å². The summed E-state index contributed by atoms with van der Waals surface area (Å²) in [5.41, 5.74) is 8.74. The van der Waals surface area contributed by atoms with Crippen LogP contribution < -0.4 is 11.1 Å². The quantitative estimate of drug-likeness (QED) is 0.839. The van der Waals surface area contributed by atoms with Gasteiger partial charge in [0.25, 0.3) is 5.91 Å². The summed E-state index contributed by atoms with van der Waals surface area (Å²) < 4.78 is 0. The van der Waals surface area contributed by atoms with Crippen molar-refractivity contribution in [3.05, 3.63) is 64.2 Å². The number of hydrogen-bond donors (Lipinski definition) is 2. The van der Waals surface area contributed by atoms with Crippen molar-refractivity contribution in [2.75, 3.05) is 12.3 Å². The number of anilines is 1. The molecule has 116 valence electrons. The Morgan fingerprint density at radius 3 is 2.64 bits per heavy atom. The van der Waals surface area contributed by atoms with E-state index in [2.05, 4.69) is 19.2 Å². The van der Waals surface area contributed by atoms with E-state index in [0.717, 1.165) is 11.1 Å². The van der Waals surface area contributed by atoms with Crippen LogP contribution in [0.5, 0.6) is 0 Å². The van der Waals surface area contributed by atoms with Gasteiger partial charge in [-0.3, -0.25) is 4.79 Å². The van der Waals surface area contributed by atoms with Crippen molar-refractivity contribution in [3.8, 4) is 0 Å². The van der Waals surface area contributed by atoms with Gasteiger partial charge in [0.15, 0.2) is 0 Å². The molecular formula is C18H21ClN2O. The van der Waals surface area contributed by atoms with Crippen LogP contribution in [0.25, 0.3) is 0 Å². The summed E-state index contributed by atoms with van der Waals surface area (Å²) in [6.45, 7) is 6.56. The lowest BCUT2D eigenvalue weighted by molar-refractivity contribution is 0.0945. The van der Waals surface area contributed by atoms with Crippen molar-refractivity contribution in [2.24, 2.45) is 0 Å². The monoisotopic (exact) mass is 316 g/mol. The highest BCUT2D eigenvalue weighted by Gasteiger charge is 2.22. The van der Waals surface area contributed by atoms with Gasteiger partial charge >= 0.3 is 0 Å². The normalized spacial score (nSPS) is 11.3. The molecule has 0 heterocycles. The number of halogens is 1. The molecule has 0 aliphatic heterocycles. The predicted octanol–water partition coefficient (Wildman–Crippen LogP) is 3.94. The van der Waals surface area contributed by atoms with Crippen molar-refractivity contribution in [1.82, 2.24) is 5.32 Å². The second-order valence-corrected chi connectivity index (χ2v) is 6.59. The Bertz CT molecular complexity index is 695. The first-order chi connectivity index (χ1) is 10.3. The fourth-order valence-electron chi connectivity index (χ4n) is 2.29. The molecular weight excluding hydrogens is 296 g/mol. The number of carbonyl (C=O) groups excluding carboxylic acids is 1. The molecule has 0 fully saturated rings. The molecule has 0 bridgehead atoms. The zero-order chi connectivity index (χ0) is 16.3. The minimum atomic E-state index is -0.214. The summed E-state index contributed by atoms with van der Waals surface area (Å²) in [5, 5.41) is 3.69. The molecule has 3 nitrogen and oxygen atoms in total. The predicted molar refractivity (Wildman–Crippen MR) is 92.4 cm³/mol. The SMILES string of the molecule is Cc1ccc(N)cc1C(=O)NCC(C)(C)c1cccc(Cl)c1. The third-order valence-electron chi connectivity index (χ3n) is 3.80. The Labute approximate surface area is 136 Å². The standard InChI is InChI=1S/C18H21ClN2O/c1-12-7-8-15(20)10-16(12)17(22)21-11-18(2,3)13-5-4-6-14(19)9-13/h4-10H,11,20H2,1-3H3,(H,21,22). The van der Waals surface area contributed by atoms with Crippen LogP contribution in [0.15, 0.2) is 42.5 Å². The van der Waals surface area contributed by atoms with E-state index < -0.39 is 0 Å². The summed E-state index contributed by atoms with van der Waals surface area (Å²) >= 11 is 6.05. The Hall–Kier alpha value is -2.00. The van der Waals surface area contributed by atoms with Gasteiger partial charge in [-0.25, -0.2) is 0 Å². The summed E-state index contributed by atoms with van der Waals surface area (Å²) in [6.07, 6.45) is 0. The maximum absolute atomic E-state index is 12.4. The number of rotatable bonds is 4. The highest BCUT2D eigenvalue weighted by molar-refractivity contribution is 6.30. The van der Waals surface area contributed by atoms with Crippen LogP contribution in [0.2, 0.25) is 5.02 Å². The molecule has 1 amide bonds. The Morgan fingerprint density at radius 1 is 1.23 bits per heavy atom. The molecule has 0 spiro atoms. The van der Waals surface area contributed by atoms with Crippen LogP contribution in [0, 0.1) is 6.92 Å². The molecule has 0 unspecified atom stereocenters. The number of nitrogen functional groups attached to an aromatic ring is 1. The molecule has 2 aromatic carbocycles. The Balaban J connectivity index is 2.11. The van der Waals surface area contributed by atoms with Crippen LogP contribution in [0.1, 0.15) is 35.3 Å². The minimum absolute atomic E-state index is 0.111. The topological polar surface area (TPSA) is 55.1 Å². The molecule has 0 aromatic heterocycles. The highest BCUT2D eigenvalue weighted by atomic mass is 35.5. The van der Waals surface area contributed by atoms with Gasteiger partial charge in [-0.15, -0.1) is 0 Å². The number of aryl methyl sites for hydroxylation is 1. The van der Waals surface area contributed by atoms with E-state index in [1.165, 1.54) is 0 Å². The van der Waals surface area contributed by atoms with E-state index in [1.807, 2.05) is 37.3 Å². The van der Waals surface area contributed by atoms with Crippen LogP contribution in [-0.4, -0.2) is 12.5 Å². The van der Waals surface area contributed by atoms with Gasteiger partial charge in [-0.2, -0.15) is 0 Å². The second-order valence-electron chi connectivity index (χ2n) is 6.15. The first kappa shape index (κ1) is 16.4. The van der Waals surface area contributed by atoms with Crippen LogP contribution in [0.4, 0.5) is 5.69 Å². The summed E-state index contributed by atoms with van der Waals surface area (Å²) in [4.78, 5) is 12.4. The Kier molecular flexibility index (Phi) is 4.77. The van der Waals surface area contributed by atoms with Crippen molar-refractivity contribution in [2.45, 2.75) is 26.2 Å². The highest BCUT2D eigenvalue weighted by Crippen LogP contribution is 2.25. The van der Waals surface area contributed by atoms with Gasteiger partial charge in [0.1, 0.15) is 0 Å². The van der Waals surface area contributed by atoms with E-state index >= 15 is 0 Å². The van der Waals surface area contributed by atoms with Crippen LogP contribution >= 0.6 is 11.6 Å². The molecule has 0 aliphatic carbocycles. The first-order valence-corrected chi connectivity index (χ1v) is 7.58. The smallest absolute Gasteiger partial charge is 0.251 e. The summed E-state index contributed by atoms with van der Waals surface area (Å²) in [5.74, 6) is -0.111. The number of nitrogens with one attached hydrogen (secondary N) is 1. The van der Waals surface area contributed by atoms with Gasteiger partial charge in [0, 0.05) is 28.2 Å². The summed E-state index contributed by atoms with van der Waals surface area (Å²) in [7, 11) is 0. The maximum atomic E-state index is 12.4. The average Bonchev–Trinajstić information content (AvgIpc) is 2.47. The second kappa shape index (κ2) is 6.41. The molecule has 0 saturated carbocycles. The first-order valence-electron chi connectivity index (χ1n) is 7.20. The van der Waals surface area contributed by atoms with Crippen molar-refractivity contribution >= 4 is 23.2 Å². The van der Waals surface area contributed by atoms with Gasteiger partial charge in [-0.05, 0) is 42.3 Å². The van der Waals surface area contributed by atoms with Gasteiger partial charge in [0.05, 0.1) is 0 Å². The third kappa shape index (κ3) is 3.80. The van der Waals surface area contributed by atoms with Crippen molar-refractivity contribution < 1.29 is 4.79 Å². The minimum Gasteiger partial charge on any atom is -0.399 e. The maximum Gasteiger partial charge on any atom is 0.251 e. The molecule has 0 aliphatic rings. The third-order valence-corrected chi connectivity index (χ3v) is 4.04. The molecule has 2 aromatic rings. The van der Waals surface area contributed by atoms with E-state index in [1.54, 1.807) is 12.1 Å². The number of carbonyl (C=O) groups is 1. The molecule has 0 saturated heterocycles. The van der Waals surface area contributed by atoms with E-state index in [0.29, 0.717) is 22.8 Å². The summed E-state index contributed by atoms with van der Waals surface area (Å²) in [6, 6.07) is 13.1. The molecule has 0 atom stereocenters. The van der Waals surface area contributed by atoms with E-state index in [-0.39, 0.29) is 11.3 Å². The molecule has 22 heavy (non-hydrogen) atoms. The number of amides is 1. The van der Waals surface area contributed by atoms with Gasteiger partial charge in [0.2, 0.25) is 0 Å². The molecule has 4 heteroatoms. The molecule has 3 N–H and O–H groups in total. The lowest BCUT2D eigenvalue weighted by Gasteiger charge is -2.26.